The molecule has 2 saturated heterocycles. The zero-order valence-corrected chi connectivity index (χ0v) is 21.0. The Morgan fingerprint density at radius 1 is 1.00 bits per heavy atom. The molecule has 2 aliphatic heterocycles. The molecular weight excluding hydrogens is 456 g/mol. The molecule has 4 rings (SSSR count). The quantitative estimate of drug-likeness (QED) is 0.553. The van der Waals surface area contributed by atoms with Crippen molar-refractivity contribution in [3.8, 4) is 0 Å². The number of ether oxygens (including phenoxy) is 1. The minimum Gasteiger partial charge on any atom is -0.379 e. The molecule has 0 aliphatic carbocycles. The van der Waals surface area contributed by atoms with Gasteiger partial charge >= 0.3 is 0 Å². The van der Waals surface area contributed by atoms with Crippen LogP contribution >= 0.6 is 0 Å². The fraction of sp³-hybridized carbons (Fsp3) is 0.464. The Bertz CT molecular complexity index is 1050. The molecule has 1 atom stereocenters. The van der Waals surface area contributed by atoms with Crippen molar-refractivity contribution in [1.29, 1.82) is 0 Å². The molecule has 192 valence electrons. The predicted octanol–water partition coefficient (Wildman–Crippen LogP) is 2.94. The molecule has 2 aromatic rings. The van der Waals surface area contributed by atoms with Gasteiger partial charge < -0.3 is 20.3 Å². The fourth-order valence-electron chi connectivity index (χ4n) is 4.68. The Kier molecular flexibility index (Phi) is 9.08. The van der Waals surface area contributed by atoms with E-state index in [2.05, 4.69) is 15.5 Å². The third-order valence-corrected chi connectivity index (χ3v) is 6.81. The van der Waals surface area contributed by atoms with E-state index in [1.165, 1.54) is 0 Å². The molecule has 2 heterocycles. The summed E-state index contributed by atoms with van der Waals surface area (Å²) in [5.41, 5.74) is 2.72. The van der Waals surface area contributed by atoms with Crippen LogP contribution < -0.4 is 10.6 Å². The summed E-state index contributed by atoms with van der Waals surface area (Å²) in [5, 5.41) is 5.93. The number of carbonyl (C=O) groups is 3. The molecule has 0 saturated carbocycles. The summed E-state index contributed by atoms with van der Waals surface area (Å²) in [6, 6.07) is 14.3. The molecule has 0 spiro atoms. The second-order valence-corrected chi connectivity index (χ2v) is 9.59. The van der Waals surface area contributed by atoms with Gasteiger partial charge in [0.05, 0.1) is 19.1 Å². The van der Waals surface area contributed by atoms with E-state index in [1.54, 1.807) is 41.3 Å². The molecule has 2 aromatic carbocycles. The largest absolute Gasteiger partial charge is 0.379 e. The molecule has 2 N–H and O–H groups in total. The highest BCUT2D eigenvalue weighted by atomic mass is 16.5. The highest BCUT2D eigenvalue weighted by molar-refractivity contribution is 6.05. The lowest BCUT2D eigenvalue weighted by atomic mass is 9.96. The summed E-state index contributed by atoms with van der Waals surface area (Å²) in [6.45, 7) is 8.06. The number of morpholine rings is 1. The Balaban J connectivity index is 1.27. The molecule has 8 nitrogen and oxygen atoms in total. The standard InChI is InChI=1S/C28H36N4O4/c1-21-8-10-22(11-9-21)27(34)30-25-7-2-5-23(19-25)28(35)32-14-3-6-24(20-32)26(33)29-12-4-13-31-15-17-36-18-16-31/h2,5,7-11,19,24H,3-4,6,12-18,20H2,1H3,(H,29,33)(H,30,34). The predicted molar refractivity (Wildman–Crippen MR) is 139 cm³/mol. The van der Waals surface area contributed by atoms with Gasteiger partial charge in [-0.2, -0.15) is 0 Å². The molecule has 36 heavy (non-hydrogen) atoms. The molecule has 0 bridgehead atoms. The van der Waals surface area contributed by atoms with Crippen LogP contribution in [0.2, 0.25) is 0 Å². The molecule has 2 fully saturated rings. The number of rotatable bonds is 8. The first kappa shape index (κ1) is 25.9. The number of anilines is 1. The van der Waals surface area contributed by atoms with Crippen molar-refractivity contribution in [2.45, 2.75) is 26.2 Å². The van der Waals surface area contributed by atoms with Crippen molar-refractivity contribution >= 4 is 23.4 Å². The van der Waals surface area contributed by atoms with Gasteiger partial charge in [0.2, 0.25) is 5.91 Å². The summed E-state index contributed by atoms with van der Waals surface area (Å²) in [6.07, 6.45) is 2.48. The topological polar surface area (TPSA) is 91.0 Å². The van der Waals surface area contributed by atoms with Gasteiger partial charge in [-0.25, -0.2) is 0 Å². The SMILES string of the molecule is Cc1ccc(C(=O)Nc2cccc(C(=O)N3CCCC(C(=O)NCCCN4CCOCC4)C3)c2)cc1. The summed E-state index contributed by atoms with van der Waals surface area (Å²) >= 11 is 0. The summed E-state index contributed by atoms with van der Waals surface area (Å²) in [7, 11) is 0. The van der Waals surface area contributed by atoms with Crippen molar-refractivity contribution in [1.82, 2.24) is 15.1 Å². The van der Waals surface area contributed by atoms with Gasteiger partial charge in [0.1, 0.15) is 0 Å². The van der Waals surface area contributed by atoms with Crippen molar-refractivity contribution in [3.05, 3.63) is 65.2 Å². The van der Waals surface area contributed by atoms with Gasteiger partial charge in [-0.05, 0) is 63.1 Å². The third kappa shape index (κ3) is 7.15. The van der Waals surface area contributed by atoms with Crippen molar-refractivity contribution in [2.24, 2.45) is 5.92 Å². The van der Waals surface area contributed by atoms with Crippen LogP contribution in [0.3, 0.4) is 0 Å². The normalized spacial score (nSPS) is 18.5. The Hall–Kier alpha value is -3.23. The van der Waals surface area contributed by atoms with Crippen LogP contribution in [0.4, 0.5) is 5.69 Å². The van der Waals surface area contributed by atoms with Crippen LogP contribution in [0.25, 0.3) is 0 Å². The van der Waals surface area contributed by atoms with E-state index in [-0.39, 0.29) is 23.6 Å². The average molecular weight is 493 g/mol. The molecule has 1 unspecified atom stereocenters. The summed E-state index contributed by atoms with van der Waals surface area (Å²) in [5.74, 6) is -0.515. The summed E-state index contributed by atoms with van der Waals surface area (Å²) < 4.78 is 5.37. The van der Waals surface area contributed by atoms with Crippen LogP contribution in [0.1, 0.15) is 45.5 Å². The maximum Gasteiger partial charge on any atom is 0.255 e. The van der Waals surface area contributed by atoms with E-state index in [0.29, 0.717) is 36.4 Å². The second-order valence-electron chi connectivity index (χ2n) is 9.59. The molecule has 8 heteroatoms. The maximum atomic E-state index is 13.2. The fourth-order valence-corrected chi connectivity index (χ4v) is 4.68. The van der Waals surface area contributed by atoms with Gasteiger partial charge in [0.25, 0.3) is 11.8 Å². The van der Waals surface area contributed by atoms with Crippen LogP contribution in [-0.2, 0) is 9.53 Å². The number of likely N-dealkylation sites (tertiary alicyclic amines) is 1. The number of amides is 3. The molecule has 3 amide bonds. The Morgan fingerprint density at radius 2 is 1.78 bits per heavy atom. The van der Waals surface area contributed by atoms with Crippen molar-refractivity contribution in [2.75, 3.05) is 57.8 Å². The summed E-state index contributed by atoms with van der Waals surface area (Å²) in [4.78, 5) is 42.6. The van der Waals surface area contributed by atoms with Gasteiger partial charge in [-0.15, -0.1) is 0 Å². The smallest absolute Gasteiger partial charge is 0.255 e. The van der Waals surface area contributed by atoms with Crippen molar-refractivity contribution < 1.29 is 19.1 Å². The van der Waals surface area contributed by atoms with Gasteiger partial charge in [-0.1, -0.05) is 23.8 Å². The Labute approximate surface area is 213 Å². The highest BCUT2D eigenvalue weighted by Crippen LogP contribution is 2.21. The maximum absolute atomic E-state index is 13.2. The number of benzene rings is 2. The Morgan fingerprint density at radius 3 is 2.56 bits per heavy atom. The minimum absolute atomic E-state index is 0.0218. The van der Waals surface area contributed by atoms with E-state index in [4.69, 9.17) is 4.74 Å². The third-order valence-electron chi connectivity index (χ3n) is 6.81. The van der Waals surface area contributed by atoms with Crippen molar-refractivity contribution in [3.63, 3.8) is 0 Å². The molecule has 2 aliphatic rings. The number of carbonyl (C=O) groups excluding carboxylic acids is 3. The van der Waals surface area contributed by atoms with Gasteiger partial charge in [0.15, 0.2) is 0 Å². The van der Waals surface area contributed by atoms with Crippen LogP contribution in [0.15, 0.2) is 48.5 Å². The molecule has 0 aromatic heterocycles. The second kappa shape index (κ2) is 12.6. The van der Waals surface area contributed by atoms with Gasteiger partial charge in [-0.3, -0.25) is 19.3 Å². The average Bonchev–Trinajstić information content (AvgIpc) is 2.91. The zero-order valence-electron chi connectivity index (χ0n) is 21.0. The first-order valence-corrected chi connectivity index (χ1v) is 12.8. The number of nitrogens with zero attached hydrogens (tertiary/aromatic N) is 2. The molecule has 0 radical (unpaired) electrons. The highest BCUT2D eigenvalue weighted by Gasteiger charge is 2.29. The number of nitrogens with one attached hydrogen (secondary N) is 2. The van der Waals surface area contributed by atoms with Crippen LogP contribution in [0, 0.1) is 12.8 Å². The zero-order chi connectivity index (χ0) is 25.3. The minimum atomic E-state index is -0.220. The lowest BCUT2D eigenvalue weighted by molar-refractivity contribution is -0.126. The first-order chi connectivity index (χ1) is 17.5. The molecular formula is C28H36N4O4. The van der Waals surface area contributed by atoms with E-state index < -0.39 is 0 Å². The first-order valence-electron chi connectivity index (χ1n) is 12.8. The number of aryl methyl sites for hydroxylation is 1. The van der Waals surface area contributed by atoms with Gasteiger partial charge in [0, 0.05) is 49.5 Å². The van der Waals surface area contributed by atoms with E-state index >= 15 is 0 Å². The lowest BCUT2D eigenvalue weighted by Gasteiger charge is -2.32. The number of hydrogen-bond acceptors (Lipinski definition) is 5. The van der Waals surface area contributed by atoms with E-state index in [9.17, 15) is 14.4 Å². The van der Waals surface area contributed by atoms with Crippen LogP contribution in [0.5, 0.6) is 0 Å². The van der Waals surface area contributed by atoms with E-state index in [1.807, 2.05) is 19.1 Å². The lowest BCUT2D eigenvalue weighted by Crippen LogP contribution is -2.46. The van der Waals surface area contributed by atoms with E-state index in [0.717, 1.165) is 57.7 Å². The number of piperidine rings is 1. The number of hydrogen-bond donors (Lipinski definition) is 2. The van der Waals surface area contributed by atoms with Crippen LogP contribution in [-0.4, -0.2) is 80.0 Å². The monoisotopic (exact) mass is 492 g/mol.